The Balaban J connectivity index is 2.19. The lowest BCUT2D eigenvalue weighted by molar-refractivity contribution is -0.139. The fourth-order valence-corrected chi connectivity index (χ4v) is 1.45. The summed E-state index contributed by atoms with van der Waals surface area (Å²) >= 11 is 5.52. The quantitative estimate of drug-likeness (QED) is 0.293. The number of ether oxygens (including phenoxy) is 1. The number of carbonyl (C=O) groups excluding carboxylic acids is 1. The first-order chi connectivity index (χ1) is 5.74. The predicted octanol–water partition coefficient (Wildman–Crippen LogP) is 2.27. The van der Waals surface area contributed by atoms with E-state index < -0.39 is 0 Å². The van der Waals surface area contributed by atoms with E-state index >= 15 is 0 Å². The zero-order valence-corrected chi connectivity index (χ0v) is 7.77. The van der Waals surface area contributed by atoms with Crippen molar-refractivity contribution in [3.63, 3.8) is 0 Å². The van der Waals surface area contributed by atoms with Crippen molar-refractivity contribution >= 4 is 17.6 Å². The molecule has 1 fully saturated rings. The molecule has 3 heteroatoms. The van der Waals surface area contributed by atoms with Crippen molar-refractivity contribution in [2.24, 2.45) is 0 Å². The first-order valence-electron chi connectivity index (χ1n) is 4.18. The van der Waals surface area contributed by atoms with E-state index in [1.807, 2.05) is 0 Å². The molecule has 1 aliphatic heterocycles. The van der Waals surface area contributed by atoms with E-state index in [0.717, 1.165) is 19.3 Å². The Kier molecular flexibility index (Phi) is 3.60. The molecular weight excluding hydrogens is 176 g/mol. The summed E-state index contributed by atoms with van der Waals surface area (Å²) in [4.78, 5) is 10.9. The van der Waals surface area contributed by atoms with Crippen LogP contribution in [-0.4, -0.2) is 18.0 Å². The molecule has 0 unspecified atom stereocenters. The zero-order chi connectivity index (χ0) is 8.97. The van der Waals surface area contributed by atoms with Crippen molar-refractivity contribution in [2.45, 2.75) is 31.8 Å². The van der Waals surface area contributed by atoms with Crippen molar-refractivity contribution in [2.75, 3.05) is 5.88 Å². The average Bonchev–Trinajstić information content (AvgIpc) is 2.32. The molecule has 1 aliphatic rings. The maximum Gasteiger partial charge on any atom is 0.333 e. The Morgan fingerprint density at radius 2 is 2.33 bits per heavy atom. The zero-order valence-electron chi connectivity index (χ0n) is 7.01. The molecule has 0 aromatic heterocycles. The van der Waals surface area contributed by atoms with Gasteiger partial charge in [0.2, 0.25) is 0 Å². The number of esters is 1. The van der Waals surface area contributed by atoms with Crippen LogP contribution in [0.5, 0.6) is 0 Å². The highest BCUT2D eigenvalue weighted by Crippen LogP contribution is 2.22. The van der Waals surface area contributed by atoms with Gasteiger partial charge < -0.3 is 4.74 Å². The molecule has 68 valence electrons. The molecule has 0 bridgehead atoms. The first-order valence-corrected chi connectivity index (χ1v) is 4.72. The number of unbranched alkanes of at least 4 members (excludes halogenated alkanes) is 1. The molecule has 0 saturated carbocycles. The van der Waals surface area contributed by atoms with Crippen LogP contribution in [0.2, 0.25) is 0 Å². The number of hydrogen-bond acceptors (Lipinski definition) is 2. The second-order valence-corrected chi connectivity index (χ2v) is 3.40. The van der Waals surface area contributed by atoms with Gasteiger partial charge >= 0.3 is 5.97 Å². The van der Waals surface area contributed by atoms with Crippen LogP contribution in [0.4, 0.5) is 0 Å². The lowest BCUT2D eigenvalue weighted by Crippen LogP contribution is -2.06. The summed E-state index contributed by atoms with van der Waals surface area (Å²) in [6.45, 7) is 3.61. The second-order valence-electron chi connectivity index (χ2n) is 3.02. The molecule has 0 amide bonds. The standard InChI is InChI=1S/C9H13ClO2/c1-7-6-8(12-9(7)11)4-2-3-5-10/h8H,1-6H2/t8-/m1/s1. The summed E-state index contributed by atoms with van der Waals surface area (Å²) in [5, 5.41) is 0. The van der Waals surface area contributed by atoms with E-state index in [9.17, 15) is 4.79 Å². The first kappa shape index (κ1) is 9.59. The van der Waals surface area contributed by atoms with Crippen molar-refractivity contribution in [1.29, 1.82) is 0 Å². The lowest BCUT2D eigenvalue weighted by atomic mass is 10.1. The fourth-order valence-electron chi connectivity index (χ4n) is 1.26. The number of cyclic esters (lactones) is 1. The van der Waals surface area contributed by atoms with Crippen LogP contribution in [0.3, 0.4) is 0 Å². The van der Waals surface area contributed by atoms with Crippen LogP contribution < -0.4 is 0 Å². The molecule has 0 aromatic carbocycles. The van der Waals surface area contributed by atoms with Gasteiger partial charge in [-0.25, -0.2) is 4.79 Å². The minimum absolute atomic E-state index is 0.0632. The van der Waals surface area contributed by atoms with Gasteiger partial charge in [0.05, 0.1) is 0 Å². The Bertz CT molecular complexity index is 173. The van der Waals surface area contributed by atoms with Crippen molar-refractivity contribution in [3.05, 3.63) is 12.2 Å². The summed E-state index contributed by atoms with van der Waals surface area (Å²) in [7, 11) is 0. The van der Waals surface area contributed by atoms with Crippen molar-refractivity contribution in [3.8, 4) is 0 Å². The molecule has 0 spiro atoms. The number of carbonyl (C=O) groups is 1. The average molecular weight is 189 g/mol. The van der Waals surface area contributed by atoms with Crippen molar-refractivity contribution < 1.29 is 9.53 Å². The van der Waals surface area contributed by atoms with Gasteiger partial charge in [-0.1, -0.05) is 6.58 Å². The van der Waals surface area contributed by atoms with Crippen LogP contribution in [0, 0.1) is 0 Å². The molecule has 1 saturated heterocycles. The third kappa shape index (κ3) is 2.52. The summed E-state index contributed by atoms with van der Waals surface area (Å²) in [6.07, 6.45) is 3.68. The molecule has 2 nitrogen and oxygen atoms in total. The largest absolute Gasteiger partial charge is 0.459 e. The van der Waals surface area contributed by atoms with E-state index in [4.69, 9.17) is 16.3 Å². The van der Waals surface area contributed by atoms with Crippen LogP contribution in [0.25, 0.3) is 0 Å². The summed E-state index contributed by atoms with van der Waals surface area (Å²) < 4.78 is 5.04. The highest BCUT2D eigenvalue weighted by molar-refractivity contribution is 6.17. The van der Waals surface area contributed by atoms with E-state index in [0.29, 0.717) is 17.9 Å². The van der Waals surface area contributed by atoms with Gasteiger partial charge in [-0.3, -0.25) is 0 Å². The predicted molar refractivity (Wildman–Crippen MR) is 48.2 cm³/mol. The van der Waals surface area contributed by atoms with Gasteiger partial charge in [-0.15, -0.1) is 11.6 Å². The van der Waals surface area contributed by atoms with Gasteiger partial charge in [-0.05, 0) is 19.3 Å². The topological polar surface area (TPSA) is 26.3 Å². The van der Waals surface area contributed by atoms with E-state index in [-0.39, 0.29) is 12.1 Å². The summed E-state index contributed by atoms with van der Waals surface area (Å²) in [5.41, 5.74) is 0.603. The molecule has 0 aromatic rings. The Labute approximate surface area is 77.5 Å². The normalized spacial score (nSPS) is 22.9. The Hall–Kier alpha value is -0.500. The third-order valence-electron chi connectivity index (χ3n) is 1.95. The Morgan fingerprint density at radius 1 is 1.58 bits per heavy atom. The molecule has 1 heterocycles. The van der Waals surface area contributed by atoms with E-state index in [1.54, 1.807) is 0 Å². The molecule has 0 radical (unpaired) electrons. The number of halogens is 1. The monoisotopic (exact) mass is 188 g/mol. The smallest absolute Gasteiger partial charge is 0.333 e. The summed E-state index contributed by atoms with van der Waals surface area (Å²) in [5.74, 6) is 0.451. The van der Waals surface area contributed by atoms with Gasteiger partial charge in [-0.2, -0.15) is 0 Å². The molecule has 1 atom stereocenters. The Morgan fingerprint density at radius 3 is 2.83 bits per heavy atom. The van der Waals surface area contributed by atoms with Gasteiger partial charge in [0, 0.05) is 17.9 Å². The van der Waals surface area contributed by atoms with Crippen LogP contribution >= 0.6 is 11.6 Å². The summed E-state index contributed by atoms with van der Waals surface area (Å²) in [6, 6.07) is 0. The van der Waals surface area contributed by atoms with Gasteiger partial charge in [0.25, 0.3) is 0 Å². The highest BCUT2D eigenvalue weighted by Gasteiger charge is 2.26. The van der Waals surface area contributed by atoms with E-state index in [1.165, 1.54) is 0 Å². The van der Waals surface area contributed by atoms with Crippen molar-refractivity contribution in [1.82, 2.24) is 0 Å². The minimum Gasteiger partial charge on any atom is -0.459 e. The third-order valence-corrected chi connectivity index (χ3v) is 2.21. The number of rotatable bonds is 4. The van der Waals surface area contributed by atoms with E-state index in [2.05, 4.69) is 6.58 Å². The van der Waals surface area contributed by atoms with Crippen LogP contribution in [-0.2, 0) is 9.53 Å². The van der Waals surface area contributed by atoms with Gasteiger partial charge in [0.15, 0.2) is 0 Å². The minimum atomic E-state index is -0.231. The molecule has 1 rings (SSSR count). The lowest BCUT2D eigenvalue weighted by Gasteiger charge is -2.06. The molecular formula is C9H13ClO2. The SMILES string of the molecule is C=C1C[C@@H](CCCCCl)OC1=O. The molecule has 0 aliphatic carbocycles. The number of hydrogen-bond donors (Lipinski definition) is 0. The maximum absolute atomic E-state index is 10.9. The van der Waals surface area contributed by atoms with Gasteiger partial charge in [0.1, 0.15) is 6.10 Å². The fraction of sp³-hybridized carbons (Fsp3) is 0.667. The maximum atomic E-state index is 10.9. The molecule has 12 heavy (non-hydrogen) atoms. The number of alkyl halides is 1. The van der Waals surface area contributed by atoms with Crippen LogP contribution in [0.15, 0.2) is 12.2 Å². The van der Waals surface area contributed by atoms with Crippen LogP contribution in [0.1, 0.15) is 25.7 Å². The second kappa shape index (κ2) is 4.51. The molecule has 0 N–H and O–H groups in total. The highest BCUT2D eigenvalue weighted by atomic mass is 35.5.